The van der Waals surface area contributed by atoms with E-state index in [9.17, 15) is 0 Å². The first-order valence-electron chi connectivity index (χ1n) is 11.8. The second-order valence-electron chi connectivity index (χ2n) is 9.22. The summed E-state index contributed by atoms with van der Waals surface area (Å²) in [6, 6.07) is 17.8. The van der Waals surface area contributed by atoms with E-state index in [2.05, 4.69) is 56.6 Å². The van der Waals surface area contributed by atoms with Crippen LogP contribution in [-0.2, 0) is 0 Å². The molecule has 0 amide bonds. The van der Waals surface area contributed by atoms with Crippen LogP contribution in [0, 0.1) is 0 Å². The lowest BCUT2D eigenvalue weighted by Gasteiger charge is -2.42. The van der Waals surface area contributed by atoms with Gasteiger partial charge in [-0.25, -0.2) is 0 Å². The first-order chi connectivity index (χ1) is 15.8. The minimum atomic E-state index is 0.729. The van der Waals surface area contributed by atoms with Gasteiger partial charge < -0.3 is 4.90 Å². The summed E-state index contributed by atoms with van der Waals surface area (Å²) in [5.74, 6) is 0.729. The van der Waals surface area contributed by atoms with Gasteiger partial charge in [0.2, 0.25) is 0 Å². The molecular formula is C27H28ClN3S. The molecule has 0 N–H and O–H groups in total. The van der Waals surface area contributed by atoms with Crippen LogP contribution in [0.15, 0.2) is 60.1 Å². The third-order valence-corrected chi connectivity index (χ3v) is 8.67. The van der Waals surface area contributed by atoms with E-state index in [4.69, 9.17) is 11.6 Å². The maximum Gasteiger partial charge on any atom is 0.0936 e. The number of rotatable bonds is 3. The molecule has 2 aromatic carbocycles. The van der Waals surface area contributed by atoms with Gasteiger partial charge in [0.15, 0.2) is 0 Å². The van der Waals surface area contributed by atoms with Gasteiger partial charge in [-0.2, -0.15) is 0 Å². The minimum Gasteiger partial charge on any atom is -0.367 e. The zero-order chi connectivity index (χ0) is 21.5. The topological polar surface area (TPSA) is 19.4 Å². The SMILES string of the molecule is Clc1cc(N2CCN(C3CCC(c4csc5ccccc45)CC3)CC2)c2ncccc2c1. The summed E-state index contributed by atoms with van der Waals surface area (Å²) in [6.07, 6.45) is 7.14. The monoisotopic (exact) mass is 461 g/mol. The smallest absolute Gasteiger partial charge is 0.0936 e. The normalized spacial score (nSPS) is 22.6. The summed E-state index contributed by atoms with van der Waals surface area (Å²) >= 11 is 8.33. The summed E-state index contributed by atoms with van der Waals surface area (Å²) in [4.78, 5) is 9.86. The minimum absolute atomic E-state index is 0.729. The molecule has 1 aliphatic carbocycles. The highest BCUT2D eigenvalue weighted by Gasteiger charge is 2.30. The number of hydrogen-bond acceptors (Lipinski definition) is 4. The van der Waals surface area contributed by atoms with Crippen molar-refractivity contribution in [2.24, 2.45) is 0 Å². The zero-order valence-electron chi connectivity index (χ0n) is 18.2. The molecule has 3 nitrogen and oxygen atoms in total. The van der Waals surface area contributed by atoms with E-state index in [-0.39, 0.29) is 0 Å². The van der Waals surface area contributed by atoms with E-state index in [1.165, 1.54) is 41.5 Å². The highest BCUT2D eigenvalue weighted by molar-refractivity contribution is 7.17. The Kier molecular flexibility index (Phi) is 5.54. The Morgan fingerprint density at radius 3 is 2.56 bits per heavy atom. The molecule has 1 saturated heterocycles. The van der Waals surface area contributed by atoms with Gasteiger partial charge in [0, 0.05) is 53.5 Å². The van der Waals surface area contributed by atoms with Crippen molar-refractivity contribution in [2.45, 2.75) is 37.6 Å². The fourth-order valence-electron chi connectivity index (χ4n) is 5.77. The van der Waals surface area contributed by atoms with Crippen LogP contribution >= 0.6 is 22.9 Å². The van der Waals surface area contributed by atoms with Crippen molar-refractivity contribution in [2.75, 3.05) is 31.1 Å². The molecular weight excluding hydrogens is 434 g/mol. The first kappa shape index (κ1) is 20.5. The number of benzene rings is 2. The van der Waals surface area contributed by atoms with Gasteiger partial charge in [-0.1, -0.05) is 35.9 Å². The van der Waals surface area contributed by atoms with Crippen LogP contribution in [0.5, 0.6) is 0 Å². The summed E-state index contributed by atoms with van der Waals surface area (Å²) in [5.41, 5.74) is 3.84. The Labute approximate surface area is 198 Å². The standard InChI is InChI=1S/C27H28ClN3S/c28-21-16-20-4-3-11-29-27(20)25(17-21)31-14-12-30(13-15-31)22-9-7-19(8-10-22)24-18-32-26-6-2-1-5-23(24)26/h1-6,11,16-19,22H,7-10,12-15H2. The van der Waals surface area contributed by atoms with E-state index in [0.717, 1.165) is 54.1 Å². The van der Waals surface area contributed by atoms with Gasteiger partial charge in [0.25, 0.3) is 0 Å². The second kappa shape index (κ2) is 8.66. The average Bonchev–Trinajstić information content (AvgIpc) is 3.28. The molecule has 1 aliphatic heterocycles. The molecule has 2 aromatic heterocycles. The number of pyridine rings is 1. The number of halogens is 1. The van der Waals surface area contributed by atoms with Gasteiger partial charge in [-0.15, -0.1) is 11.3 Å². The van der Waals surface area contributed by atoms with Crippen molar-refractivity contribution in [1.82, 2.24) is 9.88 Å². The molecule has 0 atom stereocenters. The average molecular weight is 462 g/mol. The Morgan fingerprint density at radius 1 is 0.906 bits per heavy atom. The van der Waals surface area contributed by atoms with Crippen molar-refractivity contribution in [3.63, 3.8) is 0 Å². The lowest BCUT2D eigenvalue weighted by Crippen LogP contribution is -2.51. The summed E-state index contributed by atoms with van der Waals surface area (Å²) in [6.45, 7) is 4.33. The van der Waals surface area contributed by atoms with Gasteiger partial charge in [-0.05, 0) is 72.2 Å². The number of aromatic nitrogens is 1. The fourth-order valence-corrected chi connectivity index (χ4v) is 7.04. The zero-order valence-corrected chi connectivity index (χ0v) is 19.8. The Balaban J connectivity index is 1.10. The molecule has 0 bridgehead atoms. The molecule has 1 saturated carbocycles. The van der Waals surface area contributed by atoms with Crippen LogP contribution in [0.2, 0.25) is 5.02 Å². The lowest BCUT2D eigenvalue weighted by atomic mass is 9.81. The van der Waals surface area contributed by atoms with E-state index >= 15 is 0 Å². The first-order valence-corrected chi connectivity index (χ1v) is 13.0. The highest BCUT2D eigenvalue weighted by atomic mass is 35.5. The summed E-state index contributed by atoms with van der Waals surface area (Å²) < 4.78 is 1.43. The van der Waals surface area contributed by atoms with Crippen molar-refractivity contribution in [3.8, 4) is 0 Å². The molecule has 6 rings (SSSR count). The van der Waals surface area contributed by atoms with E-state index in [1.54, 1.807) is 5.56 Å². The largest absolute Gasteiger partial charge is 0.367 e. The van der Waals surface area contributed by atoms with Gasteiger partial charge in [0.05, 0.1) is 11.2 Å². The van der Waals surface area contributed by atoms with Crippen LogP contribution in [0.1, 0.15) is 37.2 Å². The predicted octanol–water partition coefficient (Wildman–Crippen LogP) is 6.95. The number of fused-ring (bicyclic) bond motifs is 2. The van der Waals surface area contributed by atoms with Gasteiger partial charge in [-0.3, -0.25) is 9.88 Å². The van der Waals surface area contributed by atoms with Gasteiger partial charge in [0.1, 0.15) is 0 Å². The Morgan fingerprint density at radius 2 is 1.72 bits per heavy atom. The van der Waals surface area contributed by atoms with E-state index < -0.39 is 0 Å². The Bertz CT molecular complexity index is 1240. The van der Waals surface area contributed by atoms with Crippen LogP contribution in [0.4, 0.5) is 5.69 Å². The quantitative estimate of drug-likeness (QED) is 0.329. The molecule has 0 spiro atoms. The molecule has 5 heteroatoms. The number of nitrogens with zero attached hydrogens (tertiary/aromatic N) is 3. The van der Waals surface area contributed by atoms with Gasteiger partial charge >= 0.3 is 0 Å². The molecule has 2 fully saturated rings. The third kappa shape index (κ3) is 3.79. The maximum absolute atomic E-state index is 6.42. The van der Waals surface area contributed by atoms with Crippen molar-refractivity contribution in [1.29, 1.82) is 0 Å². The predicted molar refractivity (Wildman–Crippen MR) is 137 cm³/mol. The number of hydrogen-bond donors (Lipinski definition) is 0. The van der Waals surface area contributed by atoms with Crippen LogP contribution in [0.3, 0.4) is 0 Å². The summed E-state index contributed by atoms with van der Waals surface area (Å²) in [5, 5.41) is 5.81. The van der Waals surface area contributed by atoms with Crippen LogP contribution in [-0.4, -0.2) is 42.1 Å². The van der Waals surface area contributed by atoms with E-state index in [0.29, 0.717) is 0 Å². The molecule has 2 aliphatic rings. The molecule has 0 unspecified atom stereocenters. The molecule has 32 heavy (non-hydrogen) atoms. The summed E-state index contributed by atoms with van der Waals surface area (Å²) in [7, 11) is 0. The molecule has 164 valence electrons. The third-order valence-electron chi connectivity index (χ3n) is 7.47. The van der Waals surface area contributed by atoms with Crippen molar-refractivity contribution >= 4 is 49.6 Å². The molecule has 0 radical (unpaired) electrons. The van der Waals surface area contributed by atoms with Crippen molar-refractivity contribution in [3.05, 3.63) is 70.7 Å². The van der Waals surface area contributed by atoms with Crippen LogP contribution in [0.25, 0.3) is 21.0 Å². The van der Waals surface area contributed by atoms with Crippen molar-refractivity contribution < 1.29 is 0 Å². The molecule has 3 heterocycles. The molecule has 4 aromatic rings. The van der Waals surface area contributed by atoms with E-state index in [1.807, 2.05) is 29.7 Å². The maximum atomic E-state index is 6.42. The number of thiophene rings is 1. The fraction of sp³-hybridized carbons (Fsp3) is 0.370. The number of piperazine rings is 1. The highest BCUT2D eigenvalue weighted by Crippen LogP contribution is 2.40. The Hall–Kier alpha value is -2.14. The van der Waals surface area contributed by atoms with Crippen LogP contribution < -0.4 is 4.90 Å². The lowest BCUT2D eigenvalue weighted by molar-refractivity contribution is 0.141. The number of anilines is 1. The second-order valence-corrected chi connectivity index (χ2v) is 10.6.